The summed E-state index contributed by atoms with van der Waals surface area (Å²) in [6, 6.07) is 4.71. The predicted octanol–water partition coefficient (Wildman–Crippen LogP) is 3.53. The number of thiophene rings is 2. The Morgan fingerprint density at radius 1 is 1.43 bits per heavy atom. The maximum atomic E-state index is 12.5. The first kappa shape index (κ1) is 13.2. The van der Waals surface area contributed by atoms with Gasteiger partial charge >= 0.3 is 0 Å². The third-order valence-corrected chi connectivity index (χ3v) is 5.50. The van der Waals surface area contributed by atoms with Gasteiger partial charge in [-0.05, 0) is 31.2 Å². The van der Waals surface area contributed by atoms with E-state index in [2.05, 4.69) is 22.2 Å². The molecule has 1 aliphatic carbocycles. The second-order valence-electron chi connectivity index (χ2n) is 5.42. The van der Waals surface area contributed by atoms with E-state index in [4.69, 9.17) is 0 Å². The number of fused-ring (bicyclic) bond motifs is 1. The van der Waals surface area contributed by atoms with Gasteiger partial charge < -0.3 is 10.3 Å². The van der Waals surface area contributed by atoms with Gasteiger partial charge in [0.1, 0.15) is 10.7 Å². The van der Waals surface area contributed by atoms with Gasteiger partial charge in [0.15, 0.2) is 0 Å². The largest absolute Gasteiger partial charge is 0.309 e. The van der Waals surface area contributed by atoms with Crippen LogP contribution in [-0.2, 0) is 0 Å². The Hall–Kier alpha value is -1.50. The summed E-state index contributed by atoms with van der Waals surface area (Å²) in [6.07, 6.45) is 2.44. The predicted molar refractivity (Wildman–Crippen MR) is 88.1 cm³/mol. The first-order valence-corrected chi connectivity index (χ1v) is 8.79. The van der Waals surface area contributed by atoms with Crippen molar-refractivity contribution in [3.63, 3.8) is 0 Å². The Morgan fingerprint density at radius 3 is 3.00 bits per heavy atom. The second-order valence-corrected chi connectivity index (χ2v) is 7.23. The number of nitrogens with one attached hydrogen (secondary N) is 2. The van der Waals surface area contributed by atoms with Crippen LogP contribution in [0.2, 0.25) is 0 Å². The molecule has 21 heavy (non-hydrogen) atoms. The summed E-state index contributed by atoms with van der Waals surface area (Å²) in [5, 5.41) is 8.24. The molecule has 0 saturated heterocycles. The van der Waals surface area contributed by atoms with Crippen LogP contribution in [0, 0.1) is 0 Å². The fourth-order valence-corrected chi connectivity index (χ4v) is 4.24. The summed E-state index contributed by atoms with van der Waals surface area (Å²) in [5.74, 6) is 0.735. The van der Waals surface area contributed by atoms with E-state index >= 15 is 0 Å². The van der Waals surface area contributed by atoms with E-state index in [1.165, 1.54) is 12.8 Å². The molecule has 2 N–H and O–H groups in total. The molecule has 108 valence electrons. The lowest BCUT2D eigenvalue weighted by molar-refractivity contribution is 0.544. The monoisotopic (exact) mass is 317 g/mol. The standard InChI is InChI=1S/C15H15N3OS2/c1-8(16-9-4-5-9)13-17-14(19)12-10(7-21-15(12)18-13)11-3-2-6-20-11/h2-3,6-9,16H,4-5H2,1H3,(H,17,18,19)/t8-/m0/s1. The normalized spacial score (nSPS) is 16.4. The fourth-order valence-electron chi connectivity index (χ4n) is 2.47. The lowest BCUT2D eigenvalue weighted by Gasteiger charge is -2.12. The number of aromatic amines is 1. The molecule has 0 bridgehead atoms. The summed E-state index contributed by atoms with van der Waals surface area (Å²) >= 11 is 3.19. The van der Waals surface area contributed by atoms with Crippen molar-refractivity contribution >= 4 is 32.9 Å². The highest BCUT2D eigenvalue weighted by atomic mass is 32.1. The highest BCUT2D eigenvalue weighted by molar-refractivity contribution is 7.18. The minimum absolute atomic E-state index is 0.0379. The van der Waals surface area contributed by atoms with Gasteiger partial charge in [0.05, 0.1) is 11.4 Å². The molecule has 0 spiro atoms. The molecule has 3 aromatic rings. The number of hydrogen-bond donors (Lipinski definition) is 2. The van der Waals surface area contributed by atoms with Crippen LogP contribution in [0.4, 0.5) is 0 Å². The van der Waals surface area contributed by atoms with Crippen molar-refractivity contribution in [2.45, 2.75) is 31.8 Å². The molecule has 4 nitrogen and oxygen atoms in total. The van der Waals surface area contributed by atoms with Gasteiger partial charge in [0.2, 0.25) is 0 Å². The molecule has 1 aliphatic rings. The highest BCUT2D eigenvalue weighted by Crippen LogP contribution is 2.33. The summed E-state index contributed by atoms with van der Waals surface area (Å²) in [4.78, 5) is 22.0. The minimum Gasteiger partial charge on any atom is -0.309 e. The Kier molecular flexibility index (Phi) is 3.17. The molecule has 6 heteroatoms. The van der Waals surface area contributed by atoms with Crippen molar-refractivity contribution < 1.29 is 0 Å². The van der Waals surface area contributed by atoms with E-state index in [1.807, 2.05) is 22.9 Å². The van der Waals surface area contributed by atoms with Crippen LogP contribution >= 0.6 is 22.7 Å². The molecule has 0 aromatic carbocycles. The van der Waals surface area contributed by atoms with E-state index in [0.29, 0.717) is 11.4 Å². The smallest absolute Gasteiger partial charge is 0.260 e. The van der Waals surface area contributed by atoms with Crippen molar-refractivity contribution in [2.75, 3.05) is 0 Å². The van der Waals surface area contributed by atoms with Crippen molar-refractivity contribution in [3.8, 4) is 10.4 Å². The van der Waals surface area contributed by atoms with Gasteiger partial charge in [-0.3, -0.25) is 4.79 Å². The van der Waals surface area contributed by atoms with Gasteiger partial charge in [-0.25, -0.2) is 4.98 Å². The Bertz CT molecular complexity index is 830. The third kappa shape index (κ3) is 2.43. The fraction of sp³-hybridized carbons (Fsp3) is 0.333. The number of aromatic nitrogens is 2. The van der Waals surface area contributed by atoms with E-state index in [0.717, 1.165) is 21.1 Å². The van der Waals surface area contributed by atoms with Crippen LogP contribution in [0.5, 0.6) is 0 Å². The zero-order chi connectivity index (χ0) is 14.4. The molecular weight excluding hydrogens is 302 g/mol. The third-order valence-electron chi connectivity index (χ3n) is 3.72. The molecule has 4 rings (SSSR count). The van der Waals surface area contributed by atoms with Crippen LogP contribution in [0.25, 0.3) is 20.7 Å². The van der Waals surface area contributed by atoms with Crippen LogP contribution in [-0.4, -0.2) is 16.0 Å². The molecule has 3 heterocycles. The van der Waals surface area contributed by atoms with E-state index in [-0.39, 0.29) is 11.6 Å². The zero-order valence-corrected chi connectivity index (χ0v) is 13.2. The first-order chi connectivity index (χ1) is 10.2. The van der Waals surface area contributed by atoms with E-state index in [9.17, 15) is 4.79 Å². The number of hydrogen-bond acceptors (Lipinski definition) is 5. The zero-order valence-electron chi connectivity index (χ0n) is 11.6. The Morgan fingerprint density at radius 2 is 2.29 bits per heavy atom. The maximum absolute atomic E-state index is 12.5. The van der Waals surface area contributed by atoms with Crippen LogP contribution in [0.3, 0.4) is 0 Å². The molecule has 1 saturated carbocycles. The molecule has 0 aliphatic heterocycles. The Balaban J connectivity index is 1.79. The molecule has 0 amide bonds. The van der Waals surface area contributed by atoms with Crippen molar-refractivity contribution in [1.82, 2.24) is 15.3 Å². The molecule has 0 unspecified atom stereocenters. The number of rotatable bonds is 4. The lowest BCUT2D eigenvalue weighted by Crippen LogP contribution is -2.25. The molecular formula is C15H15N3OS2. The van der Waals surface area contributed by atoms with E-state index in [1.54, 1.807) is 22.7 Å². The number of nitrogens with zero attached hydrogens (tertiary/aromatic N) is 1. The van der Waals surface area contributed by atoms with Crippen molar-refractivity contribution in [1.29, 1.82) is 0 Å². The summed E-state index contributed by atoms with van der Waals surface area (Å²) in [7, 11) is 0. The molecule has 1 atom stereocenters. The lowest BCUT2D eigenvalue weighted by atomic mass is 10.2. The molecule has 3 aromatic heterocycles. The van der Waals surface area contributed by atoms with Crippen molar-refractivity contribution in [2.24, 2.45) is 0 Å². The topological polar surface area (TPSA) is 57.8 Å². The van der Waals surface area contributed by atoms with Crippen molar-refractivity contribution in [3.05, 3.63) is 39.1 Å². The summed E-state index contributed by atoms with van der Waals surface area (Å²) in [5.41, 5.74) is 0.956. The van der Waals surface area contributed by atoms with Gasteiger partial charge in [0.25, 0.3) is 5.56 Å². The average Bonchev–Trinajstić information content (AvgIpc) is 2.97. The second kappa shape index (κ2) is 5.05. The van der Waals surface area contributed by atoms with Gasteiger partial charge in [0, 0.05) is 21.9 Å². The minimum atomic E-state index is -0.0379. The number of H-pyrrole nitrogens is 1. The molecule has 0 radical (unpaired) electrons. The average molecular weight is 317 g/mol. The van der Waals surface area contributed by atoms with Gasteiger partial charge in [-0.1, -0.05) is 6.07 Å². The summed E-state index contributed by atoms with van der Waals surface area (Å²) < 4.78 is 0. The summed E-state index contributed by atoms with van der Waals surface area (Å²) in [6.45, 7) is 2.05. The van der Waals surface area contributed by atoms with Gasteiger partial charge in [-0.15, -0.1) is 22.7 Å². The first-order valence-electron chi connectivity index (χ1n) is 7.03. The van der Waals surface area contributed by atoms with Gasteiger partial charge in [-0.2, -0.15) is 0 Å². The quantitative estimate of drug-likeness (QED) is 0.774. The van der Waals surface area contributed by atoms with Crippen LogP contribution in [0.15, 0.2) is 27.7 Å². The van der Waals surface area contributed by atoms with E-state index < -0.39 is 0 Å². The van der Waals surface area contributed by atoms with Crippen LogP contribution in [0.1, 0.15) is 31.6 Å². The highest BCUT2D eigenvalue weighted by Gasteiger charge is 2.24. The molecule has 1 fully saturated rings. The maximum Gasteiger partial charge on any atom is 0.260 e. The Labute approximate surface area is 129 Å². The SMILES string of the molecule is C[C@H](NC1CC1)c1nc2scc(-c3cccs3)c2c(=O)[nH]1. The van der Waals surface area contributed by atoms with Crippen LogP contribution < -0.4 is 10.9 Å².